The average Bonchev–Trinajstić information content (AvgIpc) is 3.31. The summed E-state index contributed by atoms with van der Waals surface area (Å²) in [5, 5.41) is 10.3. The first-order chi connectivity index (χ1) is 11.8. The van der Waals surface area contributed by atoms with Gasteiger partial charge in [-0.1, -0.05) is 30.3 Å². The maximum Gasteiger partial charge on any atom is 0.297 e. The number of quaternary nitrogens is 1. The van der Waals surface area contributed by atoms with Crippen LogP contribution in [-0.4, -0.2) is 17.8 Å². The van der Waals surface area contributed by atoms with Gasteiger partial charge in [0.1, 0.15) is 6.54 Å². The second kappa shape index (κ2) is 6.30. The summed E-state index contributed by atoms with van der Waals surface area (Å²) in [7, 11) is 0. The normalized spacial score (nSPS) is 27.2. The van der Waals surface area contributed by atoms with Crippen LogP contribution in [0.5, 0.6) is 0 Å². The van der Waals surface area contributed by atoms with E-state index in [0.717, 1.165) is 31.2 Å². The first-order valence-corrected chi connectivity index (χ1v) is 8.44. The smallest absolute Gasteiger partial charge is 0.297 e. The van der Waals surface area contributed by atoms with Gasteiger partial charge in [0.05, 0.1) is 25.2 Å². The van der Waals surface area contributed by atoms with Gasteiger partial charge in [0.15, 0.2) is 11.8 Å². The van der Waals surface area contributed by atoms with Gasteiger partial charge in [0.25, 0.3) is 5.88 Å². The van der Waals surface area contributed by atoms with Crippen LogP contribution in [0.15, 0.2) is 76.0 Å². The quantitative estimate of drug-likeness (QED) is 0.729. The second-order valence-electron chi connectivity index (χ2n) is 6.56. The van der Waals surface area contributed by atoms with E-state index in [0.29, 0.717) is 10.9 Å². The molecule has 24 heavy (non-hydrogen) atoms. The Hall–Kier alpha value is -2.30. The summed E-state index contributed by atoms with van der Waals surface area (Å²) in [6, 6.07) is 18.4. The number of benzene rings is 1. The third-order valence-electron chi connectivity index (χ3n) is 5.08. The van der Waals surface area contributed by atoms with E-state index in [-0.39, 0.29) is 12.1 Å². The molecule has 3 heterocycles. The lowest BCUT2D eigenvalue weighted by Gasteiger charge is -2.45. The van der Waals surface area contributed by atoms with E-state index in [2.05, 4.69) is 24.3 Å². The fourth-order valence-corrected chi connectivity index (χ4v) is 3.92. The standard InChI is InChI=1S/C20H22NO3/c22-17-10-11-21(20-9-5-13-24-20,15-16-6-2-1-3-7-16)18(14-17)19-8-4-12-23-19/h1-9,12-13,17-18,22H,10-11,14-15H2/q+1. The molecule has 3 unspecified atom stereocenters. The minimum absolute atomic E-state index is 0.0371. The minimum atomic E-state index is -0.308. The van der Waals surface area contributed by atoms with Crippen LogP contribution in [0.4, 0.5) is 5.88 Å². The SMILES string of the molecule is OC1CC[N+](Cc2ccccc2)(c2ccco2)C(c2ccco2)C1. The third-order valence-corrected chi connectivity index (χ3v) is 5.08. The number of hydrogen-bond donors (Lipinski definition) is 1. The third kappa shape index (κ3) is 2.68. The summed E-state index contributed by atoms with van der Waals surface area (Å²) in [5.41, 5.74) is 1.25. The Balaban J connectivity index is 1.81. The number of likely N-dealkylation sites (tertiary alicyclic amines) is 1. The second-order valence-corrected chi connectivity index (χ2v) is 6.56. The molecule has 0 aliphatic carbocycles. The van der Waals surface area contributed by atoms with Crippen molar-refractivity contribution in [2.45, 2.75) is 31.5 Å². The van der Waals surface area contributed by atoms with E-state index >= 15 is 0 Å². The van der Waals surface area contributed by atoms with Gasteiger partial charge in [-0.3, -0.25) is 0 Å². The molecule has 1 fully saturated rings. The lowest BCUT2D eigenvalue weighted by molar-refractivity contribution is 0.0216. The molecule has 0 bridgehead atoms. The molecule has 1 saturated heterocycles. The van der Waals surface area contributed by atoms with Gasteiger partial charge >= 0.3 is 0 Å². The topological polar surface area (TPSA) is 46.5 Å². The fourth-order valence-electron chi connectivity index (χ4n) is 3.92. The van der Waals surface area contributed by atoms with Crippen molar-refractivity contribution in [2.24, 2.45) is 0 Å². The lowest BCUT2D eigenvalue weighted by atomic mass is 9.93. The first-order valence-electron chi connectivity index (χ1n) is 8.44. The number of piperidine rings is 1. The number of aliphatic hydroxyl groups excluding tert-OH is 1. The van der Waals surface area contributed by atoms with Crippen LogP contribution in [0.1, 0.15) is 30.2 Å². The molecule has 2 aromatic heterocycles. The van der Waals surface area contributed by atoms with Crippen molar-refractivity contribution in [3.63, 3.8) is 0 Å². The molecule has 124 valence electrons. The van der Waals surface area contributed by atoms with Gasteiger partial charge in [-0.05, 0) is 18.2 Å². The Morgan fingerprint density at radius 1 is 0.958 bits per heavy atom. The van der Waals surface area contributed by atoms with Gasteiger partial charge in [0, 0.05) is 24.5 Å². The van der Waals surface area contributed by atoms with E-state index in [9.17, 15) is 5.11 Å². The van der Waals surface area contributed by atoms with Crippen LogP contribution in [0.2, 0.25) is 0 Å². The van der Waals surface area contributed by atoms with E-state index in [1.807, 2.05) is 30.3 Å². The van der Waals surface area contributed by atoms with E-state index < -0.39 is 0 Å². The first kappa shape index (κ1) is 15.2. The molecular formula is C20H22NO3+. The number of furan rings is 2. The monoisotopic (exact) mass is 324 g/mol. The van der Waals surface area contributed by atoms with Gasteiger partial charge < -0.3 is 13.9 Å². The highest BCUT2D eigenvalue weighted by Gasteiger charge is 2.48. The molecule has 3 aromatic rings. The molecule has 4 rings (SSSR count). The fraction of sp³-hybridized carbons (Fsp3) is 0.300. The molecule has 0 radical (unpaired) electrons. The number of nitrogens with zero attached hydrogens (tertiary/aromatic N) is 1. The molecule has 1 aliphatic rings. The van der Waals surface area contributed by atoms with Crippen molar-refractivity contribution < 1.29 is 13.9 Å². The Labute approximate surface area is 141 Å². The number of hydrogen-bond acceptors (Lipinski definition) is 3. The Kier molecular flexibility index (Phi) is 4.00. The maximum atomic E-state index is 10.3. The molecule has 0 saturated carbocycles. The highest BCUT2D eigenvalue weighted by atomic mass is 16.4. The van der Waals surface area contributed by atoms with Crippen LogP contribution in [0.3, 0.4) is 0 Å². The zero-order valence-corrected chi connectivity index (χ0v) is 13.5. The summed E-state index contributed by atoms with van der Waals surface area (Å²) >= 11 is 0. The molecule has 0 amide bonds. The van der Waals surface area contributed by atoms with Crippen molar-refractivity contribution in [3.05, 3.63) is 78.4 Å². The van der Waals surface area contributed by atoms with Crippen molar-refractivity contribution in [2.75, 3.05) is 6.54 Å². The minimum Gasteiger partial charge on any atom is -0.463 e. The zero-order chi connectivity index (χ0) is 16.4. The Bertz CT molecular complexity index is 752. The van der Waals surface area contributed by atoms with Gasteiger partial charge in [-0.15, -0.1) is 0 Å². The van der Waals surface area contributed by atoms with Crippen LogP contribution in [0, 0.1) is 0 Å². The number of aliphatic hydroxyl groups is 1. The van der Waals surface area contributed by atoms with Crippen molar-refractivity contribution in [1.82, 2.24) is 4.48 Å². The highest BCUT2D eigenvalue weighted by Crippen LogP contribution is 2.44. The maximum absolute atomic E-state index is 10.3. The predicted molar refractivity (Wildman–Crippen MR) is 92.2 cm³/mol. The molecule has 4 nitrogen and oxygen atoms in total. The highest BCUT2D eigenvalue weighted by molar-refractivity contribution is 5.37. The average molecular weight is 324 g/mol. The summed E-state index contributed by atoms with van der Waals surface area (Å²) in [4.78, 5) is 0. The Morgan fingerprint density at radius 2 is 1.75 bits per heavy atom. The molecule has 3 atom stereocenters. The van der Waals surface area contributed by atoms with Crippen molar-refractivity contribution in [1.29, 1.82) is 0 Å². The largest absolute Gasteiger partial charge is 0.463 e. The molecular weight excluding hydrogens is 302 g/mol. The molecule has 1 aliphatic heterocycles. The van der Waals surface area contributed by atoms with E-state index in [1.165, 1.54) is 5.56 Å². The van der Waals surface area contributed by atoms with Crippen LogP contribution >= 0.6 is 0 Å². The van der Waals surface area contributed by atoms with E-state index in [1.54, 1.807) is 12.5 Å². The Morgan fingerprint density at radius 3 is 2.46 bits per heavy atom. The van der Waals surface area contributed by atoms with Gasteiger partial charge in [-0.25, -0.2) is 4.48 Å². The van der Waals surface area contributed by atoms with Crippen molar-refractivity contribution >= 4 is 5.88 Å². The lowest BCUT2D eigenvalue weighted by Crippen LogP contribution is -2.56. The van der Waals surface area contributed by atoms with Crippen molar-refractivity contribution in [3.8, 4) is 0 Å². The predicted octanol–water partition coefficient (Wildman–Crippen LogP) is 4.28. The molecule has 4 heteroatoms. The summed E-state index contributed by atoms with van der Waals surface area (Å²) < 4.78 is 12.2. The van der Waals surface area contributed by atoms with Gasteiger partial charge in [0.2, 0.25) is 0 Å². The van der Waals surface area contributed by atoms with Gasteiger partial charge in [-0.2, -0.15) is 0 Å². The molecule has 0 spiro atoms. The summed E-state index contributed by atoms with van der Waals surface area (Å²) in [5.74, 6) is 1.83. The van der Waals surface area contributed by atoms with Crippen LogP contribution in [-0.2, 0) is 6.54 Å². The van der Waals surface area contributed by atoms with E-state index in [4.69, 9.17) is 8.83 Å². The number of rotatable bonds is 4. The van der Waals surface area contributed by atoms with Crippen LogP contribution < -0.4 is 4.48 Å². The van der Waals surface area contributed by atoms with Crippen LogP contribution in [0.25, 0.3) is 0 Å². The summed E-state index contributed by atoms with van der Waals surface area (Å²) in [6.45, 7) is 1.63. The molecule has 1 N–H and O–H groups in total. The molecule has 1 aromatic carbocycles. The zero-order valence-electron chi connectivity index (χ0n) is 13.5. The summed E-state index contributed by atoms with van der Waals surface area (Å²) in [6.07, 6.45) is 4.54.